The molecule has 1 aromatic rings. The first-order chi connectivity index (χ1) is 9.11. The molecule has 2 aliphatic rings. The van der Waals surface area contributed by atoms with Crippen LogP contribution in [0.4, 0.5) is 5.69 Å². The monoisotopic (exact) mass is 258 g/mol. The number of likely N-dealkylation sites (tertiary alicyclic amines) is 1. The number of piperidine rings is 1. The highest BCUT2D eigenvalue weighted by atomic mass is 16.2. The number of carbonyl (C=O) groups excluding carboxylic acids is 1. The fourth-order valence-corrected chi connectivity index (χ4v) is 3.58. The number of hydrogen-bond donors (Lipinski definition) is 0. The van der Waals surface area contributed by atoms with Gasteiger partial charge in [0.15, 0.2) is 0 Å². The van der Waals surface area contributed by atoms with Gasteiger partial charge in [0.25, 0.3) is 0 Å². The van der Waals surface area contributed by atoms with Gasteiger partial charge in [0, 0.05) is 30.6 Å². The molecule has 0 aliphatic carbocycles. The van der Waals surface area contributed by atoms with Crippen LogP contribution in [0.2, 0.25) is 0 Å². The van der Waals surface area contributed by atoms with Gasteiger partial charge in [0.2, 0.25) is 5.91 Å². The molecule has 2 heterocycles. The molecule has 3 nitrogen and oxygen atoms in total. The molecule has 3 rings (SSSR count). The minimum atomic E-state index is 0.266. The fourth-order valence-electron chi connectivity index (χ4n) is 3.58. The second-order valence-electron chi connectivity index (χ2n) is 5.90. The van der Waals surface area contributed by atoms with Crippen LogP contribution < -0.4 is 4.90 Å². The summed E-state index contributed by atoms with van der Waals surface area (Å²) in [4.78, 5) is 16.8. The van der Waals surface area contributed by atoms with Crippen LogP contribution in [0.1, 0.15) is 36.8 Å². The van der Waals surface area contributed by atoms with Gasteiger partial charge in [-0.2, -0.15) is 0 Å². The van der Waals surface area contributed by atoms with E-state index in [0.29, 0.717) is 18.4 Å². The maximum absolute atomic E-state index is 12.3. The van der Waals surface area contributed by atoms with E-state index in [9.17, 15) is 4.79 Å². The van der Waals surface area contributed by atoms with Crippen LogP contribution in [0, 0.1) is 6.92 Å². The Balaban J connectivity index is 2.06. The number of carbonyl (C=O) groups is 1. The Morgan fingerprint density at radius 1 is 1.42 bits per heavy atom. The zero-order valence-electron chi connectivity index (χ0n) is 12.0. The number of aryl methyl sites for hydroxylation is 1. The van der Waals surface area contributed by atoms with E-state index in [1.165, 1.54) is 11.1 Å². The van der Waals surface area contributed by atoms with E-state index in [-0.39, 0.29) is 5.91 Å². The largest absolute Gasteiger partial charge is 0.308 e. The zero-order chi connectivity index (χ0) is 13.6. The van der Waals surface area contributed by atoms with Gasteiger partial charge < -0.3 is 9.80 Å². The SMILES string of the molecule is CCC(=O)N1c2ccc(C)cc2[C@H]2CN(C)CC[C@H]21. The molecule has 1 amide bonds. The lowest BCUT2D eigenvalue weighted by Gasteiger charge is -2.36. The number of benzene rings is 1. The Bertz CT molecular complexity index is 511. The summed E-state index contributed by atoms with van der Waals surface area (Å²) < 4.78 is 0. The van der Waals surface area contributed by atoms with Gasteiger partial charge in [-0.3, -0.25) is 4.79 Å². The number of fused-ring (bicyclic) bond motifs is 3. The highest BCUT2D eigenvalue weighted by Gasteiger charge is 2.43. The Hall–Kier alpha value is -1.35. The Morgan fingerprint density at radius 3 is 2.95 bits per heavy atom. The van der Waals surface area contributed by atoms with Crippen molar-refractivity contribution < 1.29 is 4.79 Å². The van der Waals surface area contributed by atoms with Crippen LogP contribution in [0.25, 0.3) is 0 Å². The number of amides is 1. The van der Waals surface area contributed by atoms with E-state index >= 15 is 0 Å². The second kappa shape index (κ2) is 4.64. The maximum Gasteiger partial charge on any atom is 0.226 e. The lowest BCUT2D eigenvalue weighted by atomic mass is 9.89. The van der Waals surface area contributed by atoms with Crippen LogP contribution in [-0.4, -0.2) is 37.0 Å². The summed E-state index contributed by atoms with van der Waals surface area (Å²) in [5.74, 6) is 0.756. The van der Waals surface area contributed by atoms with Gasteiger partial charge in [-0.25, -0.2) is 0 Å². The standard InChI is InChI=1S/C16H22N2O/c1-4-16(19)18-14-6-5-11(2)9-12(14)13-10-17(3)8-7-15(13)18/h5-6,9,13,15H,4,7-8,10H2,1-3H3/t13-,15-/m1/s1. The van der Waals surface area contributed by atoms with E-state index in [4.69, 9.17) is 0 Å². The van der Waals surface area contributed by atoms with Gasteiger partial charge >= 0.3 is 0 Å². The molecule has 2 atom stereocenters. The average Bonchev–Trinajstić information content (AvgIpc) is 2.71. The second-order valence-corrected chi connectivity index (χ2v) is 5.90. The summed E-state index contributed by atoms with van der Waals surface area (Å²) in [7, 11) is 2.18. The highest BCUT2D eigenvalue weighted by Crippen LogP contribution is 2.45. The van der Waals surface area contributed by atoms with Crippen molar-refractivity contribution in [1.82, 2.24) is 4.90 Å². The molecular weight excluding hydrogens is 236 g/mol. The normalized spacial score (nSPS) is 26.2. The number of anilines is 1. The van der Waals surface area contributed by atoms with Crippen molar-refractivity contribution in [2.75, 3.05) is 25.0 Å². The molecule has 0 saturated carbocycles. The molecule has 1 fully saturated rings. The van der Waals surface area contributed by atoms with Gasteiger partial charge in [0.05, 0.1) is 0 Å². The molecular formula is C16H22N2O. The summed E-state index contributed by atoms with van der Waals surface area (Å²) in [6.45, 7) is 6.24. The topological polar surface area (TPSA) is 23.6 Å². The van der Waals surface area contributed by atoms with Crippen molar-refractivity contribution in [3.63, 3.8) is 0 Å². The molecule has 0 aromatic heterocycles. The molecule has 102 valence electrons. The summed E-state index contributed by atoms with van der Waals surface area (Å²) >= 11 is 0. The van der Waals surface area contributed by atoms with Gasteiger partial charge in [-0.1, -0.05) is 24.6 Å². The molecule has 0 bridgehead atoms. The summed E-state index contributed by atoms with van der Waals surface area (Å²) in [5.41, 5.74) is 3.82. The molecule has 1 saturated heterocycles. The average molecular weight is 258 g/mol. The quantitative estimate of drug-likeness (QED) is 0.773. The zero-order valence-corrected chi connectivity index (χ0v) is 12.0. The predicted molar refractivity (Wildman–Crippen MR) is 77.6 cm³/mol. The summed E-state index contributed by atoms with van der Waals surface area (Å²) in [5, 5.41) is 0. The first-order valence-corrected chi connectivity index (χ1v) is 7.23. The Kier molecular flexibility index (Phi) is 3.09. The van der Waals surface area contributed by atoms with Crippen molar-refractivity contribution >= 4 is 11.6 Å². The lowest BCUT2D eigenvalue weighted by molar-refractivity contribution is -0.118. The molecule has 0 N–H and O–H groups in total. The van der Waals surface area contributed by atoms with Crippen molar-refractivity contribution in [3.05, 3.63) is 29.3 Å². The van der Waals surface area contributed by atoms with E-state index in [0.717, 1.165) is 25.2 Å². The maximum atomic E-state index is 12.3. The third-order valence-corrected chi connectivity index (χ3v) is 4.52. The first-order valence-electron chi connectivity index (χ1n) is 7.23. The van der Waals surface area contributed by atoms with Crippen LogP contribution >= 0.6 is 0 Å². The number of hydrogen-bond acceptors (Lipinski definition) is 2. The van der Waals surface area contributed by atoms with Crippen LogP contribution in [0.5, 0.6) is 0 Å². The molecule has 0 radical (unpaired) electrons. The number of nitrogens with zero attached hydrogens (tertiary/aromatic N) is 2. The van der Waals surface area contributed by atoms with Gasteiger partial charge in [-0.05, 0) is 38.6 Å². The van der Waals surface area contributed by atoms with Crippen LogP contribution in [0.15, 0.2) is 18.2 Å². The van der Waals surface area contributed by atoms with Crippen LogP contribution in [-0.2, 0) is 4.79 Å². The molecule has 1 aromatic carbocycles. The van der Waals surface area contributed by atoms with E-state index in [2.05, 4.69) is 42.0 Å². The summed E-state index contributed by atoms with van der Waals surface area (Å²) in [6, 6.07) is 6.90. The van der Waals surface area contributed by atoms with E-state index in [1.807, 2.05) is 6.92 Å². The number of likely N-dealkylation sites (N-methyl/N-ethyl adjacent to an activating group) is 1. The molecule has 2 aliphatic heterocycles. The Morgan fingerprint density at radius 2 is 2.21 bits per heavy atom. The third-order valence-electron chi connectivity index (χ3n) is 4.52. The smallest absolute Gasteiger partial charge is 0.226 e. The van der Waals surface area contributed by atoms with E-state index < -0.39 is 0 Å². The Labute approximate surface area is 115 Å². The fraction of sp³-hybridized carbons (Fsp3) is 0.562. The van der Waals surface area contributed by atoms with Crippen LogP contribution in [0.3, 0.4) is 0 Å². The highest BCUT2D eigenvalue weighted by molar-refractivity contribution is 5.96. The minimum absolute atomic E-state index is 0.266. The molecule has 19 heavy (non-hydrogen) atoms. The van der Waals surface area contributed by atoms with Gasteiger partial charge in [-0.15, -0.1) is 0 Å². The summed E-state index contributed by atoms with van der Waals surface area (Å²) in [6.07, 6.45) is 1.67. The molecule has 0 unspecified atom stereocenters. The molecule has 3 heteroatoms. The van der Waals surface area contributed by atoms with Crippen molar-refractivity contribution in [2.24, 2.45) is 0 Å². The van der Waals surface area contributed by atoms with Gasteiger partial charge in [0.1, 0.15) is 0 Å². The first kappa shape index (κ1) is 12.7. The van der Waals surface area contributed by atoms with Crippen molar-refractivity contribution in [1.29, 1.82) is 0 Å². The van der Waals surface area contributed by atoms with Crippen molar-refractivity contribution in [3.8, 4) is 0 Å². The lowest BCUT2D eigenvalue weighted by Crippen LogP contribution is -2.46. The number of rotatable bonds is 1. The van der Waals surface area contributed by atoms with Crippen molar-refractivity contribution in [2.45, 2.75) is 38.6 Å². The van der Waals surface area contributed by atoms with E-state index in [1.54, 1.807) is 0 Å². The third kappa shape index (κ3) is 1.96. The minimum Gasteiger partial charge on any atom is -0.308 e. The molecule has 0 spiro atoms. The predicted octanol–water partition coefficient (Wildman–Crippen LogP) is 2.54.